The van der Waals surface area contributed by atoms with E-state index in [4.69, 9.17) is 14.2 Å². The van der Waals surface area contributed by atoms with Crippen LogP contribution >= 0.6 is 0 Å². The fourth-order valence-electron chi connectivity index (χ4n) is 2.34. The molecule has 1 amide bonds. The van der Waals surface area contributed by atoms with E-state index in [0.29, 0.717) is 52.7 Å². The highest BCUT2D eigenvalue weighted by atomic mass is 16.5. The molecule has 2 aliphatic rings. The number of carbonyl (C=O) groups is 1. The normalized spacial score (nSPS) is 27.6. The molecule has 6 nitrogen and oxygen atoms in total. The first-order chi connectivity index (χ1) is 9.38. The van der Waals surface area contributed by atoms with Crippen LogP contribution in [0.1, 0.15) is 12.8 Å². The molecule has 0 aromatic carbocycles. The summed E-state index contributed by atoms with van der Waals surface area (Å²) < 4.78 is 16.3. The molecule has 110 valence electrons. The van der Waals surface area contributed by atoms with Crippen LogP contribution in [0.25, 0.3) is 0 Å². The Kier molecular flexibility index (Phi) is 6.56. The van der Waals surface area contributed by atoms with Crippen LogP contribution in [0, 0.1) is 0 Å². The third-order valence-corrected chi connectivity index (χ3v) is 3.43. The lowest BCUT2D eigenvalue weighted by atomic mass is 10.2. The lowest BCUT2D eigenvalue weighted by molar-refractivity contribution is -0.135. The molecule has 0 radical (unpaired) electrons. The second kappa shape index (κ2) is 8.47. The number of hydrogen-bond donors (Lipinski definition) is 1. The molecule has 1 N–H and O–H groups in total. The molecule has 2 aliphatic heterocycles. The second-order valence-electron chi connectivity index (χ2n) is 4.81. The number of hydrogen-bond acceptors (Lipinski definition) is 5. The Labute approximate surface area is 114 Å². The molecule has 2 fully saturated rings. The Hall–Kier alpha value is -0.690. The highest BCUT2D eigenvalue weighted by Crippen LogP contribution is 2.08. The molecular weight excluding hydrogens is 248 g/mol. The van der Waals surface area contributed by atoms with Crippen LogP contribution in [0.15, 0.2) is 0 Å². The molecule has 0 unspecified atom stereocenters. The summed E-state index contributed by atoms with van der Waals surface area (Å²) in [6, 6.07) is -0.0174. The van der Waals surface area contributed by atoms with Crippen molar-refractivity contribution in [3.05, 3.63) is 0 Å². The quantitative estimate of drug-likeness (QED) is 0.706. The van der Waals surface area contributed by atoms with E-state index in [0.717, 1.165) is 19.4 Å². The maximum atomic E-state index is 12.3. The Balaban J connectivity index is 1.81. The largest absolute Gasteiger partial charge is 0.377 e. The van der Waals surface area contributed by atoms with Crippen LogP contribution in [-0.2, 0) is 19.0 Å². The van der Waals surface area contributed by atoms with Gasteiger partial charge in [0.2, 0.25) is 5.91 Å². The maximum absolute atomic E-state index is 12.3. The van der Waals surface area contributed by atoms with Gasteiger partial charge in [-0.3, -0.25) is 4.79 Å². The van der Waals surface area contributed by atoms with Gasteiger partial charge in [0.15, 0.2) is 0 Å². The number of rotatable bonds is 1. The average Bonchev–Trinajstić information content (AvgIpc) is 2.92. The van der Waals surface area contributed by atoms with Crippen molar-refractivity contribution in [1.29, 1.82) is 0 Å². The molecule has 0 bridgehead atoms. The van der Waals surface area contributed by atoms with Crippen molar-refractivity contribution in [3.8, 4) is 0 Å². The third-order valence-electron chi connectivity index (χ3n) is 3.43. The molecule has 0 spiro atoms. The van der Waals surface area contributed by atoms with E-state index >= 15 is 0 Å². The van der Waals surface area contributed by atoms with Crippen LogP contribution in [-0.4, -0.2) is 76.1 Å². The van der Waals surface area contributed by atoms with Gasteiger partial charge in [-0.2, -0.15) is 0 Å². The van der Waals surface area contributed by atoms with Crippen molar-refractivity contribution in [3.63, 3.8) is 0 Å². The topological polar surface area (TPSA) is 60.0 Å². The van der Waals surface area contributed by atoms with Gasteiger partial charge in [0.1, 0.15) is 0 Å². The summed E-state index contributed by atoms with van der Waals surface area (Å²) in [6.07, 6.45) is 2.01. The zero-order valence-electron chi connectivity index (χ0n) is 11.4. The second-order valence-corrected chi connectivity index (χ2v) is 4.81. The van der Waals surface area contributed by atoms with Gasteiger partial charge < -0.3 is 24.4 Å². The molecular formula is C13H24N2O4. The third kappa shape index (κ3) is 5.06. The fourth-order valence-corrected chi connectivity index (χ4v) is 2.34. The van der Waals surface area contributed by atoms with Gasteiger partial charge in [0, 0.05) is 13.1 Å². The fraction of sp³-hybridized carbons (Fsp3) is 0.923. The number of carbonyl (C=O) groups excluding carboxylic acids is 1. The molecule has 2 saturated heterocycles. The van der Waals surface area contributed by atoms with Crippen LogP contribution in [0.3, 0.4) is 0 Å². The van der Waals surface area contributed by atoms with E-state index in [-0.39, 0.29) is 11.9 Å². The van der Waals surface area contributed by atoms with Gasteiger partial charge >= 0.3 is 0 Å². The summed E-state index contributed by atoms with van der Waals surface area (Å²) in [5.41, 5.74) is 0. The highest BCUT2D eigenvalue weighted by Gasteiger charge is 2.26. The zero-order chi connectivity index (χ0) is 13.3. The number of ether oxygens (including phenoxy) is 3. The standard InChI is InChI=1S/C13H24N2O4/c16-13(12-2-1-3-14-12)15-4-6-17-8-10-19-11-9-18-7-5-15/h12,14H,1-11H2/t12-/m1/s1. The van der Waals surface area contributed by atoms with Gasteiger partial charge in [-0.1, -0.05) is 0 Å². The molecule has 0 aromatic heterocycles. The molecule has 0 aliphatic carbocycles. The number of nitrogens with zero attached hydrogens (tertiary/aromatic N) is 1. The minimum absolute atomic E-state index is 0.0174. The van der Waals surface area contributed by atoms with Crippen molar-refractivity contribution in [1.82, 2.24) is 10.2 Å². The first-order valence-corrected chi connectivity index (χ1v) is 7.13. The van der Waals surface area contributed by atoms with Crippen LogP contribution in [0.2, 0.25) is 0 Å². The van der Waals surface area contributed by atoms with E-state index in [9.17, 15) is 4.79 Å². The number of amides is 1. The van der Waals surface area contributed by atoms with Crippen molar-refractivity contribution in [2.45, 2.75) is 18.9 Å². The van der Waals surface area contributed by atoms with Crippen molar-refractivity contribution >= 4 is 5.91 Å². The van der Waals surface area contributed by atoms with Crippen LogP contribution < -0.4 is 5.32 Å². The summed E-state index contributed by atoms with van der Waals surface area (Å²) in [6.45, 7) is 5.62. The summed E-state index contributed by atoms with van der Waals surface area (Å²) in [7, 11) is 0. The van der Waals surface area contributed by atoms with E-state index < -0.39 is 0 Å². The first kappa shape index (κ1) is 14.7. The molecule has 0 saturated carbocycles. The van der Waals surface area contributed by atoms with Gasteiger partial charge in [-0.25, -0.2) is 0 Å². The minimum atomic E-state index is -0.0174. The SMILES string of the molecule is O=C([C@H]1CCCN1)N1CCOCCOCCOCC1. The Morgan fingerprint density at radius 2 is 1.53 bits per heavy atom. The molecule has 19 heavy (non-hydrogen) atoms. The van der Waals surface area contributed by atoms with Gasteiger partial charge in [0.05, 0.1) is 45.7 Å². The van der Waals surface area contributed by atoms with Crippen LogP contribution in [0.5, 0.6) is 0 Å². The summed E-state index contributed by atoms with van der Waals surface area (Å²) >= 11 is 0. The Morgan fingerprint density at radius 3 is 2.05 bits per heavy atom. The molecule has 2 rings (SSSR count). The smallest absolute Gasteiger partial charge is 0.239 e. The van der Waals surface area contributed by atoms with E-state index in [1.807, 2.05) is 4.90 Å². The predicted molar refractivity (Wildman–Crippen MR) is 70.1 cm³/mol. The van der Waals surface area contributed by atoms with Gasteiger partial charge in [0.25, 0.3) is 0 Å². The van der Waals surface area contributed by atoms with Gasteiger partial charge in [-0.05, 0) is 19.4 Å². The molecule has 6 heteroatoms. The van der Waals surface area contributed by atoms with E-state index in [1.54, 1.807) is 0 Å². The summed E-state index contributed by atoms with van der Waals surface area (Å²) in [5, 5.41) is 3.25. The molecule has 2 heterocycles. The lowest BCUT2D eigenvalue weighted by Gasteiger charge is -2.26. The molecule has 0 aromatic rings. The predicted octanol–water partition coefficient (Wildman–Crippen LogP) is -0.370. The van der Waals surface area contributed by atoms with Crippen molar-refractivity contribution in [2.24, 2.45) is 0 Å². The van der Waals surface area contributed by atoms with Crippen molar-refractivity contribution in [2.75, 3.05) is 59.3 Å². The van der Waals surface area contributed by atoms with E-state index in [2.05, 4.69) is 5.32 Å². The highest BCUT2D eigenvalue weighted by molar-refractivity contribution is 5.82. The van der Waals surface area contributed by atoms with Gasteiger partial charge in [-0.15, -0.1) is 0 Å². The average molecular weight is 272 g/mol. The monoisotopic (exact) mass is 272 g/mol. The Morgan fingerprint density at radius 1 is 0.947 bits per heavy atom. The first-order valence-electron chi connectivity index (χ1n) is 7.13. The summed E-state index contributed by atoms with van der Waals surface area (Å²) in [5.74, 6) is 0.179. The zero-order valence-corrected chi connectivity index (χ0v) is 11.4. The van der Waals surface area contributed by atoms with Crippen molar-refractivity contribution < 1.29 is 19.0 Å². The van der Waals surface area contributed by atoms with E-state index in [1.165, 1.54) is 0 Å². The molecule has 1 atom stereocenters. The minimum Gasteiger partial charge on any atom is -0.377 e. The number of nitrogens with one attached hydrogen (secondary N) is 1. The summed E-state index contributed by atoms with van der Waals surface area (Å²) in [4.78, 5) is 14.2. The Bertz CT molecular complexity index is 257. The van der Waals surface area contributed by atoms with Crippen LogP contribution in [0.4, 0.5) is 0 Å². The lowest BCUT2D eigenvalue weighted by Crippen LogP contribution is -2.46. The maximum Gasteiger partial charge on any atom is 0.239 e.